The Balaban J connectivity index is 1.71. The monoisotopic (exact) mass is 350 g/mol. The summed E-state index contributed by atoms with van der Waals surface area (Å²) in [5.74, 6) is -1.19. The van der Waals surface area contributed by atoms with Crippen molar-refractivity contribution in [3.8, 4) is 0 Å². The van der Waals surface area contributed by atoms with Gasteiger partial charge in [0.1, 0.15) is 18.3 Å². The molecule has 2 fully saturated rings. The van der Waals surface area contributed by atoms with Gasteiger partial charge in [0.05, 0.1) is 19.8 Å². The number of carbonyl (C=O) groups excluding carboxylic acids is 2. The molecule has 12 heteroatoms. The van der Waals surface area contributed by atoms with Gasteiger partial charge in [-0.2, -0.15) is 0 Å². The van der Waals surface area contributed by atoms with Gasteiger partial charge in [0.25, 0.3) is 11.0 Å². The zero-order chi connectivity index (χ0) is 17.7. The zero-order valence-corrected chi connectivity index (χ0v) is 12.8. The van der Waals surface area contributed by atoms with Crippen LogP contribution in [0.3, 0.4) is 0 Å². The lowest BCUT2D eigenvalue weighted by atomic mass is 10.1. The molecule has 0 radical (unpaired) electrons. The summed E-state index contributed by atoms with van der Waals surface area (Å²) in [6.45, 7) is 0.515. The molecule has 2 saturated heterocycles. The first kappa shape index (κ1) is 18.3. The van der Waals surface area contributed by atoms with Gasteiger partial charge in [-0.1, -0.05) is 0 Å². The summed E-state index contributed by atoms with van der Waals surface area (Å²) in [6.07, 6.45) is -4.12. The maximum atomic E-state index is 11.3. The fourth-order valence-electron chi connectivity index (χ4n) is 2.42. The van der Waals surface area contributed by atoms with Crippen LogP contribution in [0.4, 0.5) is 0 Å². The second-order valence-corrected chi connectivity index (χ2v) is 5.18. The lowest BCUT2D eigenvalue weighted by Gasteiger charge is -2.20. The Bertz CT molecular complexity index is 486. The third-order valence-electron chi connectivity index (χ3n) is 3.40. The van der Waals surface area contributed by atoms with E-state index in [0.717, 1.165) is 0 Å². The van der Waals surface area contributed by atoms with Crippen molar-refractivity contribution in [3.63, 3.8) is 0 Å². The molecule has 2 unspecified atom stereocenters. The second kappa shape index (κ2) is 8.19. The van der Waals surface area contributed by atoms with E-state index in [1.165, 1.54) is 6.92 Å². The molecule has 0 spiro atoms. The van der Waals surface area contributed by atoms with E-state index >= 15 is 0 Å². The van der Waals surface area contributed by atoms with Gasteiger partial charge in [0.15, 0.2) is 19.0 Å². The molecule has 0 aromatic heterocycles. The zero-order valence-electron chi connectivity index (χ0n) is 12.8. The summed E-state index contributed by atoms with van der Waals surface area (Å²) in [5, 5.41) is 21.6. The van der Waals surface area contributed by atoms with Crippen molar-refractivity contribution in [2.24, 2.45) is 0 Å². The highest BCUT2D eigenvalue weighted by Gasteiger charge is 2.50. The number of ether oxygens (including phenoxy) is 4. The quantitative estimate of drug-likeness (QED) is 0.212. The van der Waals surface area contributed by atoms with Gasteiger partial charge < -0.3 is 34.2 Å². The molecule has 2 aliphatic heterocycles. The minimum absolute atomic E-state index is 0.0224. The Labute approximate surface area is 136 Å². The van der Waals surface area contributed by atoms with Crippen molar-refractivity contribution in [2.45, 2.75) is 37.6 Å². The number of esters is 1. The van der Waals surface area contributed by atoms with Crippen molar-refractivity contribution < 1.29 is 43.6 Å². The predicted octanol–water partition coefficient (Wildman–Crippen LogP) is -2.26. The van der Waals surface area contributed by atoms with Crippen LogP contribution in [-0.4, -0.2) is 79.1 Å². The minimum Gasteiger partial charge on any atom is -0.456 e. The van der Waals surface area contributed by atoms with Gasteiger partial charge in [-0.05, 0) is 0 Å². The number of hydrogen-bond acceptors (Lipinski definition) is 10. The first-order valence-corrected chi connectivity index (χ1v) is 7.14. The van der Waals surface area contributed by atoms with Crippen LogP contribution < -0.4 is 5.32 Å². The highest BCUT2D eigenvalue weighted by Crippen LogP contribution is 2.30. The molecule has 1 amide bonds. The van der Waals surface area contributed by atoms with Crippen LogP contribution in [0.2, 0.25) is 0 Å². The first-order valence-electron chi connectivity index (χ1n) is 7.14. The molecule has 0 aliphatic carbocycles. The summed E-state index contributed by atoms with van der Waals surface area (Å²) in [6, 6.07) is 0. The van der Waals surface area contributed by atoms with Crippen molar-refractivity contribution >= 4 is 11.9 Å². The number of amides is 1. The summed E-state index contributed by atoms with van der Waals surface area (Å²) < 4.78 is 20.5. The Morgan fingerprint density at radius 3 is 2.58 bits per heavy atom. The molecule has 0 bridgehead atoms. The first-order chi connectivity index (χ1) is 11.4. The molecule has 2 rings (SSSR count). The summed E-state index contributed by atoms with van der Waals surface area (Å²) in [7, 11) is 0. The molecule has 12 nitrogen and oxygen atoms in total. The standard InChI is InChI=1S/C12H18N2O10/c1-6(15)20-5-9(16)13-2-10(17)23-7-3-21-12-8(24-14(18)19)4-22-11(7)12/h7-8,10-12,17H,2-5H2,1H3,(H,13,16)/t7-,8?,10?,11+,12+/m0/s1. The van der Waals surface area contributed by atoms with E-state index in [0.29, 0.717) is 0 Å². The third kappa shape index (κ3) is 4.99. The molecule has 2 N–H and O–H groups in total. The van der Waals surface area contributed by atoms with Crippen molar-refractivity contribution in [1.29, 1.82) is 0 Å². The van der Waals surface area contributed by atoms with Crippen LogP contribution in [0, 0.1) is 10.1 Å². The average Bonchev–Trinajstić information content (AvgIpc) is 3.07. The molecule has 2 aliphatic rings. The van der Waals surface area contributed by atoms with E-state index in [-0.39, 0.29) is 19.8 Å². The van der Waals surface area contributed by atoms with Crippen molar-refractivity contribution in [1.82, 2.24) is 5.32 Å². The van der Waals surface area contributed by atoms with E-state index in [2.05, 4.69) is 14.9 Å². The van der Waals surface area contributed by atoms with E-state index < -0.39 is 54.3 Å². The molecule has 2 heterocycles. The SMILES string of the molecule is CC(=O)OCC(=O)NCC(O)O[C@H]1CO[C@@H]2C(O[N+](=O)[O-])CO[C@H]12. The number of hydrogen-bond donors (Lipinski definition) is 2. The topological polar surface area (TPSA) is 156 Å². The molecule has 5 atom stereocenters. The number of aliphatic hydroxyl groups is 1. The molecule has 0 aromatic carbocycles. The number of nitrogens with one attached hydrogen (secondary N) is 1. The van der Waals surface area contributed by atoms with Crippen LogP contribution in [-0.2, 0) is 33.4 Å². The number of rotatable bonds is 8. The van der Waals surface area contributed by atoms with Crippen LogP contribution in [0.15, 0.2) is 0 Å². The molecule has 24 heavy (non-hydrogen) atoms. The summed E-state index contributed by atoms with van der Waals surface area (Å²) in [5.41, 5.74) is 0. The molecule has 136 valence electrons. The van der Waals surface area contributed by atoms with E-state index in [1.54, 1.807) is 0 Å². The molecular formula is C12H18N2O10. The number of aliphatic hydroxyl groups excluding tert-OH is 1. The smallest absolute Gasteiger partial charge is 0.303 e. The molecular weight excluding hydrogens is 332 g/mol. The fourth-order valence-corrected chi connectivity index (χ4v) is 2.42. The summed E-state index contributed by atoms with van der Waals surface area (Å²) >= 11 is 0. The predicted molar refractivity (Wildman–Crippen MR) is 71.9 cm³/mol. The van der Waals surface area contributed by atoms with Crippen LogP contribution in [0.1, 0.15) is 6.92 Å². The van der Waals surface area contributed by atoms with Crippen LogP contribution >= 0.6 is 0 Å². The average molecular weight is 350 g/mol. The Morgan fingerprint density at radius 2 is 1.96 bits per heavy atom. The Morgan fingerprint density at radius 1 is 1.33 bits per heavy atom. The number of fused-ring (bicyclic) bond motifs is 1. The second-order valence-electron chi connectivity index (χ2n) is 5.18. The lowest BCUT2D eigenvalue weighted by Crippen LogP contribution is -2.41. The molecule has 0 aromatic rings. The van der Waals surface area contributed by atoms with E-state index in [4.69, 9.17) is 14.2 Å². The number of nitrogens with zero attached hydrogens (tertiary/aromatic N) is 1. The highest BCUT2D eigenvalue weighted by molar-refractivity contribution is 5.79. The fraction of sp³-hybridized carbons (Fsp3) is 0.833. The normalized spacial score (nSPS) is 29.6. The third-order valence-corrected chi connectivity index (χ3v) is 3.40. The van der Waals surface area contributed by atoms with Gasteiger partial charge in [0, 0.05) is 6.92 Å². The lowest BCUT2D eigenvalue weighted by molar-refractivity contribution is -0.769. The van der Waals surface area contributed by atoms with Gasteiger partial charge in [-0.3, -0.25) is 9.59 Å². The van der Waals surface area contributed by atoms with Crippen LogP contribution in [0.5, 0.6) is 0 Å². The van der Waals surface area contributed by atoms with Gasteiger partial charge in [-0.25, -0.2) is 0 Å². The molecule has 0 saturated carbocycles. The summed E-state index contributed by atoms with van der Waals surface area (Å²) in [4.78, 5) is 36.7. The van der Waals surface area contributed by atoms with Gasteiger partial charge >= 0.3 is 5.97 Å². The highest BCUT2D eigenvalue weighted by atomic mass is 17.0. The van der Waals surface area contributed by atoms with Crippen molar-refractivity contribution in [3.05, 3.63) is 10.1 Å². The van der Waals surface area contributed by atoms with Gasteiger partial charge in [0.2, 0.25) is 0 Å². The van der Waals surface area contributed by atoms with Gasteiger partial charge in [-0.15, -0.1) is 10.1 Å². The van der Waals surface area contributed by atoms with E-state index in [9.17, 15) is 24.8 Å². The minimum atomic E-state index is -1.35. The van der Waals surface area contributed by atoms with Crippen molar-refractivity contribution in [2.75, 3.05) is 26.4 Å². The van der Waals surface area contributed by atoms with Crippen LogP contribution in [0.25, 0.3) is 0 Å². The maximum absolute atomic E-state index is 11.3. The maximum Gasteiger partial charge on any atom is 0.303 e. The number of carbonyl (C=O) groups is 2. The Hall–Kier alpha value is -2.02. The Kier molecular flexibility index (Phi) is 6.25. The van der Waals surface area contributed by atoms with E-state index in [1.807, 2.05) is 0 Å². The largest absolute Gasteiger partial charge is 0.456 e.